The van der Waals surface area contributed by atoms with Gasteiger partial charge in [0.15, 0.2) is 0 Å². The summed E-state index contributed by atoms with van der Waals surface area (Å²) >= 11 is 0. The van der Waals surface area contributed by atoms with Crippen LogP contribution in [0.1, 0.15) is 0 Å². The first-order valence-corrected chi connectivity index (χ1v) is 7.63. The Balaban J connectivity index is 1.92. The van der Waals surface area contributed by atoms with Gasteiger partial charge < -0.3 is 9.68 Å². The molecule has 0 spiro atoms. The van der Waals surface area contributed by atoms with Gasteiger partial charge in [0.25, 0.3) is 0 Å². The van der Waals surface area contributed by atoms with Crippen LogP contribution in [-0.4, -0.2) is 12.1 Å². The van der Waals surface area contributed by atoms with Crippen LogP contribution in [0.2, 0.25) is 0 Å². The van der Waals surface area contributed by atoms with Crippen molar-refractivity contribution in [2.24, 2.45) is 0 Å². The number of hydrogen-bond acceptors (Lipinski definition) is 2. The number of para-hydroxylation sites is 1. The lowest BCUT2D eigenvalue weighted by atomic mass is 9.73. The second kappa shape index (κ2) is 5.78. The fourth-order valence-electron chi connectivity index (χ4n) is 3.00. The average Bonchev–Trinajstić information content (AvgIpc) is 2.60. The summed E-state index contributed by atoms with van der Waals surface area (Å²) in [6.07, 6.45) is 0. The van der Waals surface area contributed by atoms with Crippen molar-refractivity contribution >= 4 is 34.1 Å². The van der Waals surface area contributed by atoms with Crippen LogP contribution in [0.25, 0.3) is 21.5 Å². The molecule has 0 aromatic heterocycles. The maximum absolute atomic E-state index is 10.7. The third kappa shape index (κ3) is 2.56. The van der Waals surface area contributed by atoms with E-state index in [2.05, 4.69) is 18.2 Å². The van der Waals surface area contributed by atoms with E-state index in [1.165, 1.54) is 0 Å². The molecule has 0 amide bonds. The zero-order valence-electron chi connectivity index (χ0n) is 12.5. The van der Waals surface area contributed by atoms with Gasteiger partial charge in [0.05, 0.1) is 0 Å². The van der Waals surface area contributed by atoms with Crippen LogP contribution in [0.15, 0.2) is 84.9 Å². The summed E-state index contributed by atoms with van der Waals surface area (Å²) in [6, 6.07) is 27.7. The van der Waals surface area contributed by atoms with Gasteiger partial charge in [0.2, 0.25) is 0 Å². The highest BCUT2D eigenvalue weighted by molar-refractivity contribution is 6.67. The summed E-state index contributed by atoms with van der Waals surface area (Å²) in [5, 5.41) is 15.0. The molecule has 0 aliphatic carbocycles. The van der Waals surface area contributed by atoms with Gasteiger partial charge in [-0.15, -0.1) is 0 Å². The van der Waals surface area contributed by atoms with Gasteiger partial charge in [-0.25, -0.2) is 0 Å². The lowest BCUT2D eigenvalue weighted by Crippen LogP contribution is -2.37. The molecule has 4 rings (SSSR count). The Morgan fingerprint density at radius 3 is 1.78 bits per heavy atom. The number of hydrogen-bond donors (Lipinski definition) is 1. The Morgan fingerprint density at radius 1 is 0.652 bits per heavy atom. The molecular weight excluding hydrogens is 283 g/mol. The lowest BCUT2D eigenvalue weighted by molar-refractivity contribution is 0.433. The minimum Gasteiger partial charge on any atom is -0.532 e. The predicted octanol–water partition coefficient (Wildman–Crippen LogP) is 3.76. The zero-order valence-corrected chi connectivity index (χ0v) is 12.5. The van der Waals surface area contributed by atoms with Gasteiger partial charge in [0.1, 0.15) is 5.75 Å². The number of fused-ring (bicyclic) bond motifs is 2. The second-order valence-electron chi connectivity index (χ2n) is 5.52. The first-order chi connectivity index (χ1) is 11.3. The van der Waals surface area contributed by atoms with E-state index in [0.717, 1.165) is 27.0 Å². The van der Waals surface area contributed by atoms with Gasteiger partial charge in [-0.05, 0) is 39.7 Å². The van der Waals surface area contributed by atoms with Crippen molar-refractivity contribution in [3.63, 3.8) is 0 Å². The minimum absolute atomic E-state index is 0.650. The Hall–Kier alpha value is -2.78. The van der Waals surface area contributed by atoms with Crippen molar-refractivity contribution in [1.29, 1.82) is 0 Å². The largest absolute Gasteiger partial charge is 0.561 e. The molecule has 0 unspecified atom stereocenters. The topological polar surface area (TPSA) is 29.5 Å². The molecule has 4 aromatic carbocycles. The van der Waals surface area contributed by atoms with E-state index in [1.54, 1.807) is 0 Å². The molecule has 0 aliphatic heterocycles. The Morgan fingerprint density at radius 2 is 1.17 bits per heavy atom. The average molecular weight is 298 g/mol. The first kappa shape index (κ1) is 13.9. The molecular formula is C20H15BO2. The first-order valence-electron chi connectivity index (χ1n) is 7.63. The molecule has 4 aromatic rings. The van der Waals surface area contributed by atoms with Gasteiger partial charge in [-0.1, -0.05) is 66.7 Å². The number of benzene rings is 4. The summed E-state index contributed by atoms with van der Waals surface area (Å²) < 4.78 is 5.77. The molecule has 0 radical (unpaired) electrons. The monoisotopic (exact) mass is 298 g/mol. The highest BCUT2D eigenvalue weighted by Crippen LogP contribution is 2.22. The Bertz CT molecular complexity index is 913. The predicted molar refractivity (Wildman–Crippen MR) is 96.1 cm³/mol. The van der Waals surface area contributed by atoms with Crippen LogP contribution < -0.4 is 10.1 Å². The zero-order chi connectivity index (χ0) is 15.6. The summed E-state index contributed by atoms with van der Waals surface area (Å²) in [6.45, 7) is 0. The van der Waals surface area contributed by atoms with E-state index < -0.39 is 7.12 Å². The van der Waals surface area contributed by atoms with Crippen molar-refractivity contribution in [2.75, 3.05) is 0 Å². The molecule has 0 saturated carbocycles. The molecule has 2 nitrogen and oxygen atoms in total. The normalized spacial score (nSPS) is 10.8. The van der Waals surface area contributed by atoms with E-state index in [9.17, 15) is 5.02 Å². The van der Waals surface area contributed by atoms with Gasteiger partial charge in [-0.3, -0.25) is 0 Å². The van der Waals surface area contributed by atoms with Crippen LogP contribution in [-0.2, 0) is 0 Å². The van der Waals surface area contributed by atoms with Crippen LogP contribution in [0.3, 0.4) is 0 Å². The summed E-state index contributed by atoms with van der Waals surface area (Å²) in [4.78, 5) is 0. The van der Waals surface area contributed by atoms with Crippen molar-refractivity contribution in [3.05, 3.63) is 84.9 Å². The summed E-state index contributed by atoms with van der Waals surface area (Å²) in [5.74, 6) is 0.650. The van der Waals surface area contributed by atoms with E-state index in [4.69, 9.17) is 4.65 Å². The van der Waals surface area contributed by atoms with E-state index >= 15 is 0 Å². The van der Waals surface area contributed by atoms with Crippen LogP contribution in [0, 0.1) is 0 Å². The quantitative estimate of drug-likeness (QED) is 0.461. The number of rotatable bonds is 3. The molecule has 0 saturated heterocycles. The van der Waals surface area contributed by atoms with Gasteiger partial charge >= 0.3 is 7.12 Å². The van der Waals surface area contributed by atoms with E-state index in [0.29, 0.717) is 5.75 Å². The fourth-order valence-corrected chi connectivity index (χ4v) is 3.00. The summed E-state index contributed by atoms with van der Waals surface area (Å²) in [7, 11) is -1.02. The van der Waals surface area contributed by atoms with Crippen molar-refractivity contribution in [3.8, 4) is 5.75 Å². The molecule has 0 heterocycles. The molecule has 110 valence electrons. The van der Waals surface area contributed by atoms with Crippen LogP contribution in [0.5, 0.6) is 5.75 Å². The van der Waals surface area contributed by atoms with Crippen molar-refractivity contribution < 1.29 is 9.68 Å². The SMILES string of the molecule is OB(Oc1ccccc1)c1c2ccccc2cc2ccccc12. The fraction of sp³-hybridized carbons (Fsp3) is 0. The maximum Gasteiger partial charge on any atom is 0.561 e. The van der Waals surface area contributed by atoms with Gasteiger partial charge in [-0.2, -0.15) is 0 Å². The Kier molecular flexibility index (Phi) is 3.49. The third-order valence-electron chi connectivity index (χ3n) is 4.05. The smallest absolute Gasteiger partial charge is 0.532 e. The molecule has 23 heavy (non-hydrogen) atoms. The van der Waals surface area contributed by atoms with Crippen LogP contribution in [0.4, 0.5) is 0 Å². The van der Waals surface area contributed by atoms with E-state index in [1.807, 2.05) is 66.7 Å². The molecule has 3 heteroatoms. The van der Waals surface area contributed by atoms with Crippen molar-refractivity contribution in [2.45, 2.75) is 0 Å². The van der Waals surface area contributed by atoms with Gasteiger partial charge in [0, 0.05) is 5.46 Å². The van der Waals surface area contributed by atoms with Crippen molar-refractivity contribution in [1.82, 2.24) is 0 Å². The highest BCUT2D eigenvalue weighted by Gasteiger charge is 2.24. The second-order valence-corrected chi connectivity index (χ2v) is 5.52. The lowest BCUT2D eigenvalue weighted by Gasteiger charge is -2.15. The third-order valence-corrected chi connectivity index (χ3v) is 4.05. The highest BCUT2D eigenvalue weighted by atomic mass is 16.5. The molecule has 0 atom stereocenters. The standard InChI is InChI=1S/C20H15BO2/c22-21(23-17-10-2-1-3-11-17)20-18-12-6-4-8-15(18)14-16-9-5-7-13-19(16)20/h1-14,22H. The molecule has 0 bridgehead atoms. The van der Waals surface area contributed by atoms with Crippen LogP contribution >= 0.6 is 0 Å². The maximum atomic E-state index is 10.7. The Labute approximate surface area is 135 Å². The summed E-state index contributed by atoms with van der Waals surface area (Å²) in [5.41, 5.74) is 0.808. The molecule has 1 N–H and O–H groups in total. The minimum atomic E-state index is -1.02. The molecule has 0 aliphatic rings. The molecule has 0 fully saturated rings. The van der Waals surface area contributed by atoms with E-state index in [-0.39, 0.29) is 0 Å².